The van der Waals surface area contributed by atoms with Gasteiger partial charge in [-0.2, -0.15) is 0 Å². The maximum Gasteiger partial charge on any atom is 0.410 e. The molecule has 1 unspecified atom stereocenters. The normalized spacial score (nSPS) is 20.9. The van der Waals surface area contributed by atoms with E-state index in [4.69, 9.17) is 14.5 Å². The molecule has 5 rings (SSSR count). The van der Waals surface area contributed by atoms with Gasteiger partial charge in [-0.05, 0) is 83.2 Å². The number of carbonyl (C=O) groups excluding carboxylic acids is 2. The number of likely N-dealkylation sites (tertiary alicyclic amines) is 2. The number of aromatic nitrogens is 1. The van der Waals surface area contributed by atoms with E-state index in [-0.39, 0.29) is 23.9 Å². The lowest BCUT2D eigenvalue weighted by atomic mass is 9.77. The van der Waals surface area contributed by atoms with E-state index in [1.165, 1.54) is 23.5 Å². The van der Waals surface area contributed by atoms with E-state index in [2.05, 4.69) is 31.1 Å². The number of carbonyl (C=O) groups is 2. The molecule has 3 aliphatic heterocycles. The Labute approximate surface area is 258 Å². The minimum Gasteiger partial charge on any atom is -0.463 e. The maximum absolute atomic E-state index is 14.0. The first-order valence-electron chi connectivity index (χ1n) is 14.3. The molecule has 42 heavy (non-hydrogen) atoms. The van der Waals surface area contributed by atoms with Crippen LogP contribution in [0.15, 0.2) is 50.5 Å². The topological polar surface area (TPSA) is 96.4 Å². The predicted molar refractivity (Wildman–Crippen MR) is 163 cm³/mol. The Kier molecular flexibility index (Phi) is 9.05. The van der Waals surface area contributed by atoms with Crippen molar-refractivity contribution in [2.75, 3.05) is 39.3 Å². The number of hydrogen-bond acceptors (Lipinski definition) is 9. The summed E-state index contributed by atoms with van der Waals surface area (Å²) in [7, 11) is 0. The van der Waals surface area contributed by atoms with Gasteiger partial charge in [-0.1, -0.05) is 22.0 Å². The number of rotatable bonds is 6. The quantitative estimate of drug-likeness (QED) is 0.398. The van der Waals surface area contributed by atoms with Gasteiger partial charge >= 0.3 is 12.1 Å². The van der Waals surface area contributed by atoms with E-state index >= 15 is 0 Å². The lowest BCUT2D eigenvalue weighted by molar-refractivity contribution is -0.139. The van der Waals surface area contributed by atoms with Gasteiger partial charge in [-0.3, -0.25) is 9.89 Å². The summed E-state index contributed by atoms with van der Waals surface area (Å²) in [5, 5.41) is 5.98. The highest BCUT2D eigenvalue weighted by Gasteiger charge is 2.43. The molecule has 1 amide bonds. The van der Waals surface area contributed by atoms with Crippen LogP contribution in [0.5, 0.6) is 0 Å². The number of esters is 1. The van der Waals surface area contributed by atoms with E-state index in [1.54, 1.807) is 19.2 Å². The molecule has 2 saturated heterocycles. The molecule has 0 saturated carbocycles. The van der Waals surface area contributed by atoms with Crippen molar-refractivity contribution in [3.8, 4) is 0 Å². The average Bonchev–Trinajstić information content (AvgIpc) is 3.60. The van der Waals surface area contributed by atoms with Crippen LogP contribution < -0.4 is 5.32 Å². The van der Waals surface area contributed by atoms with E-state index in [9.17, 15) is 14.0 Å². The molecule has 0 bridgehead atoms. The van der Waals surface area contributed by atoms with E-state index in [0.717, 1.165) is 32.4 Å². The summed E-state index contributed by atoms with van der Waals surface area (Å²) in [4.78, 5) is 39.6. The summed E-state index contributed by atoms with van der Waals surface area (Å²) < 4.78 is 25.7. The van der Waals surface area contributed by atoms with Crippen molar-refractivity contribution in [3.05, 3.63) is 61.9 Å². The van der Waals surface area contributed by atoms with Crippen LogP contribution in [0.3, 0.4) is 0 Å². The van der Waals surface area contributed by atoms with Gasteiger partial charge in [0.05, 0.1) is 12.2 Å². The Hall–Kier alpha value is -2.83. The minimum absolute atomic E-state index is 0.0702. The molecular formula is C30H37BrFN5O4S. The van der Waals surface area contributed by atoms with Crippen LogP contribution in [-0.4, -0.2) is 77.6 Å². The third-order valence-electron chi connectivity index (χ3n) is 7.90. The van der Waals surface area contributed by atoms with Crippen LogP contribution in [0.1, 0.15) is 63.6 Å². The molecule has 4 heterocycles. The Morgan fingerprint density at radius 3 is 2.60 bits per heavy atom. The second kappa shape index (κ2) is 12.4. The first-order chi connectivity index (χ1) is 20.0. The molecule has 12 heteroatoms. The molecule has 226 valence electrons. The molecule has 0 radical (unpaired) electrons. The lowest BCUT2D eigenvalue weighted by Crippen LogP contribution is -2.46. The molecule has 3 aliphatic rings. The molecule has 0 aliphatic carbocycles. The largest absolute Gasteiger partial charge is 0.463 e. The fourth-order valence-corrected chi connectivity index (χ4v) is 6.96. The van der Waals surface area contributed by atoms with Gasteiger partial charge in [0.2, 0.25) is 0 Å². The first kappa shape index (κ1) is 30.6. The Morgan fingerprint density at radius 1 is 1.21 bits per heavy atom. The number of thiazole rings is 1. The number of halogens is 2. The highest BCUT2D eigenvalue weighted by molar-refractivity contribution is 9.10. The van der Waals surface area contributed by atoms with E-state index in [1.807, 2.05) is 31.1 Å². The van der Waals surface area contributed by atoms with Gasteiger partial charge in [0.15, 0.2) is 10.8 Å². The van der Waals surface area contributed by atoms with Gasteiger partial charge in [0.1, 0.15) is 17.5 Å². The van der Waals surface area contributed by atoms with Crippen molar-refractivity contribution in [2.24, 2.45) is 10.4 Å². The van der Waals surface area contributed by atoms with Crippen LogP contribution in [0, 0.1) is 11.2 Å². The highest BCUT2D eigenvalue weighted by Crippen LogP contribution is 2.42. The van der Waals surface area contributed by atoms with Crippen molar-refractivity contribution in [3.63, 3.8) is 0 Å². The average molecular weight is 663 g/mol. The smallest absolute Gasteiger partial charge is 0.410 e. The standard InChI is InChI=1S/C30H37BrFN5O4S/c1-5-40-27(38)23-22(17-36-12-8-30(9-13-36)10-14-37(18-30)28(39)41-29(2,3)4)34-25(26-33-11-15-42-26)35-24(23)20-7-6-19(32)16-21(20)31/h6-7,11,15-16,24H,5,8-10,12-14,17-18H2,1-4H3,(H,34,35). The molecule has 1 spiro atoms. The molecular weight excluding hydrogens is 625 g/mol. The van der Waals surface area contributed by atoms with Gasteiger partial charge in [-0.15, -0.1) is 11.3 Å². The summed E-state index contributed by atoms with van der Waals surface area (Å²) in [6.07, 6.45) is 4.30. The van der Waals surface area contributed by atoms with Crippen LogP contribution in [0.4, 0.5) is 9.18 Å². The number of amides is 1. The van der Waals surface area contributed by atoms with E-state index in [0.29, 0.717) is 51.8 Å². The van der Waals surface area contributed by atoms with Gasteiger partial charge in [0, 0.05) is 41.4 Å². The Balaban J connectivity index is 1.38. The second-order valence-electron chi connectivity index (χ2n) is 12.0. The van der Waals surface area contributed by atoms with Crippen LogP contribution in [0.25, 0.3) is 0 Å². The molecule has 2 fully saturated rings. The molecule has 1 aromatic carbocycles. The number of piperidine rings is 1. The van der Waals surface area contributed by atoms with Gasteiger partial charge < -0.3 is 19.7 Å². The minimum atomic E-state index is -0.706. The molecule has 2 aromatic rings. The van der Waals surface area contributed by atoms with Crippen LogP contribution >= 0.6 is 27.3 Å². The summed E-state index contributed by atoms with van der Waals surface area (Å²) in [6.45, 7) is 11.2. The third kappa shape index (κ3) is 6.86. The zero-order valence-corrected chi connectivity index (χ0v) is 26.8. The number of hydrogen-bond donors (Lipinski definition) is 1. The fourth-order valence-electron chi connectivity index (χ4n) is 5.80. The van der Waals surface area contributed by atoms with Crippen molar-refractivity contribution in [1.82, 2.24) is 20.1 Å². The Bertz CT molecular complexity index is 1380. The SMILES string of the molecule is CCOC(=O)C1=C(CN2CCC3(CC2)CCN(C(=O)OC(C)(C)C)C3)NC(c2nccs2)=NC1c1ccc(F)cc1Br. The maximum atomic E-state index is 14.0. The lowest BCUT2D eigenvalue weighted by Gasteiger charge is -2.40. The number of nitrogens with one attached hydrogen (secondary N) is 1. The van der Waals surface area contributed by atoms with Crippen LogP contribution in [0.2, 0.25) is 0 Å². The van der Waals surface area contributed by atoms with Crippen LogP contribution in [-0.2, 0) is 14.3 Å². The van der Waals surface area contributed by atoms with Gasteiger partial charge in [-0.25, -0.2) is 19.0 Å². The van der Waals surface area contributed by atoms with Crippen molar-refractivity contribution in [2.45, 2.75) is 58.6 Å². The summed E-state index contributed by atoms with van der Waals surface area (Å²) in [5.74, 6) is -0.281. The molecule has 9 nitrogen and oxygen atoms in total. The Morgan fingerprint density at radius 2 is 1.95 bits per heavy atom. The van der Waals surface area contributed by atoms with Crippen molar-refractivity contribution >= 4 is 45.2 Å². The summed E-state index contributed by atoms with van der Waals surface area (Å²) in [6, 6.07) is 3.69. The predicted octanol–water partition coefficient (Wildman–Crippen LogP) is 5.68. The first-order valence-corrected chi connectivity index (χ1v) is 15.9. The van der Waals surface area contributed by atoms with Gasteiger partial charge in [0.25, 0.3) is 0 Å². The molecule has 1 N–H and O–H groups in total. The summed E-state index contributed by atoms with van der Waals surface area (Å²) >= 11 is 4.93. The van der Waals surface area contributed by atoms with Crippen molar-refractivity contribution in [1.29, 1.82) is 0 Å². The number of amidine groups is 1. The number of ether oxygens (including phenoxy) is 2. The highest BCUT2D eigenvalue weighted by atomic mass is 79.9. The fraction of sp³-hybridized carbons (Fsp3) is 0.533. The number of aliphatic imine (C=N–C) groups is 1. The summed E-state index contributed by atoms with van der Waals surface area (Å²) in [5.41, 5.74) is 1.32. The zero-order valence-electron chi connectivity index (χ0n) is 24.4. The molecule has 1 aromatic heterocycles. The number of benzene rings is 1. The second-order valence-corrected chi connectivity index (χ2v) is 13.8. The molecule has 1 atom stereocenters. The van der Waals surface area contributed by atoms with E-state index < -0.39 is 17.6 Å². The van der Waals surface area contributed by atoms with Crippen molar-refractivity contribution < 1.29 is 23.5 Å². The zero-order chi connectivity index (χ0) is 30.1. The number of nitrogens with zero attached hydrogens (tertiary/aromatic N) is 4. The monoisotopic (exact) mass is 661 g/mol. The third-order valence-corrected chi connectivity index (χ3v) is 9.37.